The highest BCUT2D eigenvalue weighted by Crippen LogP contribution is 2.51. The van der Waals surface area contributed by atoms with Crippen LogP contribution in [-0.4, -0.2) is 105 Å². The molecule has 2 saturated carbocycles. The number of pyridine rings is 1. The molecule has 324 valence electrons. The average molecular weight is 850 g/mol. The van der Waals surface area contributed by atoms with Crippen molar-refractivity contribution in [3.05, 3.63) is 42.6 Å². The Morgan fingerprint density at radius 3 is 2.49 bits per heavy atom. The third kappa shape index (κ3) is 7.92. The Bertz CT molecular complexity index is 2120. The lowest BCUT2D eigenvalue weighted by atomic mass is 9.86. The van der Waals surface area contributed by atoms with E-state index in [-0.39, 0.29) is 48.8 Å². The second-order valence-corrected chi connectivity index (χ2v) is 19.0. The third-order valence-electron chi connectivity index (χ3n) is 12.7. The fourth-order valence-electron chi connectivity index (χ4n) is 8.62. The lowest BCUT2D eigenvalue weighted by Gasteiger charge is -2.42. The van der Waals surface area contributed by atoms with E-state index in [1.54, 1.807) is 64.1 Å². The molecule has 3 N–H and O–H groups in total. The van der Waals surface area contributed by atoms with Crippen molar-refractivity contribution in [3.63, 3.8) is 0 Å². The van der Waals surface area contributed by atoms with Crippen LogP contribution in [0.25, 0.3) is 10.8 Å². The van der Waals surface area contributed by atoms with Crippen molar-refractivity contribution in [1.29, 1.82) is 0 Å². The molecule has 14 nitrogen and oxygen atoms in total. The van der Waals surface area contributed by atoms with Crippen LogP contribution in [0.15, 0.2) is 42.6 Å². The first kappa shape index (κ1) is 44.0. The van der Waals surface area contributed by atoms with Gasteiger partial charge < -0.3 is 19.9 Å². The number of aromatic nitrogens is 1. The topological polar surface area (TPSA) is 185 Å². The van der Waals surface area contributed by atoms with E-state index in [0.717, 1.165) is 11.8 Å². The summed E-state index contributed by atoms with van der Waals surface area (Å²) in [6, 6.07) is -2.33. The predicted molar refractivity (Wildman–Crippen MR) is 211 cm³/mol. The van der Waals surface area contributed by atoms with Gasteiger partial charge >= 0.3 is 12.1 Å². The SMILES string of the molecule is CCOc1ccc2c(O[C@]3(C)C[C@H]4C(=O)N[C@]5(C(=O)NS(=O)(=O)C6(CF)CC6)C[C@H]5/C=C\CC[C@@H](C)C[C@@H](C)[C@H](N(C(=O)O)C(C)CC)C(=O)N4C3(F)F)nccc2c1. The number of halogens is 3. The lowest BCUT2D eigenvalue weighted by molar-refractivity contribution is -0.219. The summed E-state index contributed by atoms with van der Waals surface area (Å²) >= 11 is 0. The number of benzene rings is 1. The molecule has 0 radical (unpaired) electrons. The molecule has 3 heterocycles. The van der Waals surface area contributed by atoms with E-state index in [0.29, 0.717) is 36.0 Å². The summed E-state index contributed by atoms with van der Waals surface area (Å²) in [6.45, 7) is 8.77. The van der Waals surface area contributed by atoms with Gasteiger partial charge in [-0.1, -0.05) is 32.9 Å². The minimum absolute atomic E-state index is 0.0113. The number of hydrogen-bond donors (Lipinski definition) is 3. The van der Waals surface area contributed by atoms with Crippen LogP contribution >= 0.6 is 0 Å². The number of fused-ring (bicyclic) bond motifs is 3. The van der Waals surface area contributed by atoms with Gasteiger partial charge in [0.2, 0.25) is 21.8 Å². The first-order valence-corrected chi connectivity index (χ1v) is 21.7. The Labute approximate surface area is 342 Å². The van der Waals surface area contributed by atoms with Crippen LogP contribution < -0.4 is 19.5 Å². The monoisotopic (exact) mass is 849 g/mol. The molecule has 18 heteroatoms. The average Bonchev–Trinajstić information content (AvgIpc) is 4.09. The molecule has 0 bridgehead atoms. The standard InChI is InChI=1S/C41H54F3N5O9S/c1-7-26(5)48(37(53)54)32-25(4)19-24(3)11-9-10-12-28-21-40(28,36(52)47-59(55,56)39(23-42)16-17-39)46-33(50)31-22-38(6,41(43,44)49(31)35(32)51)58-34-30-14-13-29(57-8-2)20-27(30)15-18-45-34/h10,12-15,18,20,24-26,28,31-32H,7-9,11,16-17,19,21-23H2,1-6H3,(H,46,50)(H,47,52)(H,53,54)/b12-10-/t24-,25-,26?,28-,31+,32+,38-,40-/m1/s1. The summed E-state index contributed by atoms with van der Waals surface area (Å²) in [6.07, 6.45) is 3.84. The summed E-state index contributed by atoms with van der Waals surface area (Å²) in [4.78, 5) is 61.9. The van der Waals surface area contributed by atoms with Crippen molar-refractivity contribution in [2.75, 3.05) is 13.3 Å². The number of amides is 4. The van der Waals surface area contributed by atoms with Crippen molar-refractivity contribution in [3.8, 4) is 11.6 Å². The minimum atomic E-state index is -4.54. The molecule has 3 fully saturated rings. The second kappa shape index (κ2) is 16.1. The molecule has 59 heavy (non-hydrogen) atoms. The zero-order chi connectivity index (χ0) is 43.3. The zero-order valence-corrected chi connectivity index (χ0v) is 35.0. The van der Waals surface area contributed by atoms with Gasteiger partial charge in [0.05, 0.1) is 6.61 Å². The number of sulfonamides is 1. The molecule has 1 aromatic carbocycles. The van der Waals surface area contributed by atoms with Crippen molar-refractivity contribution < 1.29 is 55.3 Å². The van der Waals surface area contributed by atoms with E-state index in [2.05, 4.69) is 10.3 Å². The number of ether oxygens (including phenoxy) is 2. The maximum absolute atomic E-state index is 17.6. The summed E-state index contributed by atoms with van der Waals surface area (Å²) in [5, 5.41) is 14.0. The number of hydrogen-bond acceptors (Lipinski definition) is 9. The molecule has 4 aliphatic rings. The Kier molecular flexibility index (Phi) is 12.0. The van der Waals surface area contributed by atoms with Gasteiger partial charge in [-0.25, -0.2) is 22.6 Å². The van der Waals surface area contributed by atoms with Gasteiger partial charge in [-0.05, 0) is 107 Å². The summed E-state index contributed by atoms with van der Waals surface area (Å²) < 4.78 is 87.4. The van der Waals surface area contributed by atoms with Crippen LogP contribution in [0.1, 0.15) is 92.9 Å². The van der Waals surface area contributed by atoms with Crippen LogP contribution in [0.2, 0.25) is 0 Å². The molecule has 1 saturated heterocycles. The Morgan fingerprint density at radius 2 is 1.86 bits per heavy atom. The molecule has 8 atom stereocenters. The van der Waals surface area contributed by atoms with E-state index in [1.807, 2.05) is 11.6 Å². The largest absolute Gasteiger partial charge is 0.494 e. The van der Waals surface area contributed by atoms with Gasteiger partial charge in [0.1, 0.15) is 34.8 Å². The van der Waals surface area contributed by atoms with Crippen molar-refractivity contribution in [2.45, 2.75) is 133 Å². The fourth-order valence-corrected chi connectivity index (χ4v) is 10.0. The summed E-state index contributed by atoms with van der Waals surface area (Å²) in [5.74, 6) is -5.13. The molecule has 4 amide bonds. The van der Waals surface area contributed by atoms with E-state index < -0.39 is 98.8 Å². The summed E-state index contributed by atoms with van der Waals surface area (Å²) in [5.41, 5.74) is -4.61. The molecule has 1 unspecified atom stereocenters. The maximum Gasteiger partial charge on any atom is 0.408 e. The lowest BCUT2D eigenvalue weighted by Crippen LogP contribution is -2.64. The number of allylic oxidation sites excluding steroid dienone is 1. The van der Waals surface area contributed by atoms with Gasteiger partial charge in [0, 0.05) is 30.0 Å². The van der Waals surface area contributed by atoms with Crippen LogP contribution in [-0.2, 0) is 24.4 Å². The highest BCUT2D eigenvalue weighted by molar-refractivity contribution is 7.91. The van der Waals surface area contributed by atoms with E-state index in [9.17, 15) is 32.3 Å². The molecule has 1 aromatic heterocycles. The van der Waals surface area contributed by atoms with E-state index >= 15 is 13.6 Å². The normalized spacial score (nSPS) is 31.3. The molecule has 2 aromatic rings. The third-order valence-corrected chi connectivity index (χ3v) is 14.8. The van der Waals surface area contributed by atoms with Crippen LogP contribution in [0.5, 0.6) is 11.6 Å². The smallest absolute Gasteiger partial charge is 0.408 e. The minimum Gasteiger partial charge on any atom is -0.494 e. The number of alkyl halides is 3. The fraction of sp³-hybridized carbons (Fsp3) is 0.634. The number of rotatable bonds is 11. The van der Waals surface area contributed by atoms with E-state index in [1.165, 1.54) is 6.20 Å². The van der Waals surface area contributed by atoms with Gasteiger partial charge in [-0.2, -0.15) is 8.78 Å². The van der Waals surface area contributed by atoms with E-state index in [4.69, 9.17) is 9.47 Å². The van der Waals surface area contributed by atoms with Crippen LogP contribution in [0.4, 0.5) is 18.0 Å². The predicted octanol–water partition coefficient (Wildman–Crippen LogP) is 5.95. The van der Waals surface area contributed by atoms with Gasteiger partial charge in [-0.3, -0.25) is 28.9 Å². The Hall–Kier alpha value is -4.61. The quantitative estimate of drug-likeness (QED) is 0.181. The Morgan fingerprint density at radius 1 is 1.15 bits per heavy atom. The molecule has 6 rings (SSSR count). The maximum atomic E-state index is 17.6. The van der Waals surface area contributed by atoms with Crippen LogP contribution in [0, 0.1) is 17.8 Å². The molecule has 0 spiro atoms. The van der Waals surface area contributed by atoms with Crippen molar-refractivity contribution in [1.82, 2.24) is 24.8 Å². The number of nitrogens with one attached hydrogen (secondary N) is 2. The van der Waals surface area contributed by atoms with Gasteiger partial charge in [0.15, 0.2) is 5.60 Å². The summed E-state index contributed by atoms with van der Waals surface area (Å²) in [7, 11) is -4.54. The van der Waals surface area contributed by atoms with Gasteiger partial charge in [0.25, 0.3) is 11.8 Å². The molecular weight excluding hydrogens is 796 g/mol. The highest BCUT2D eigenvalue weighted by Gasteiger charge is 2.71. The van der Waals surface area contributed by atoms with Crippen molar-refractivity contribution in [2.24, 2.45) is 17.8 Å². The zero-order valence-electron chi connectivity index (χ0n) is 34.2. The Balaban J connectivity index is 1.47. The highest BCUT2D eigenvalue weighted by atomic mass is 32.2. The first-order chi connectivity index (χ1) is 27.7. The first-order valence-electron chi connectivity index (χ1n) is 20.3. The number of carbonyl (C=O) groups is 4. The molecule has 2 aliphatic heterocycles. The van der Waals surface area contributed by atoms with Crippen molar-refractivity contribution >= 4 is 44.6 Å². The van der Waals surface area contributed by atoms with Crippen LogP contribution in [0.3, 0.4) is 0 Å². The second-order valence-electron chi connectivity index (χ2n) is 17.0. The number of nitrogens with zero attached hydrogens (tertiary/aromatic N) is 3. The van der Waals surface area contributed by atoms with Gasteiger partial charge in [-0.15, -0.1) is 0 Å². The number of carboxylic acid groups (broad SMARTS) is 1. The molecule has 2 aliphatic carbocycles. The molecular formula is C41H54F3N5O9S. The number of carbonyl (C=O) groups excluding carboxylic acids is 3.